The van der Waals surface area contributed by atoms with Gasteiger partial charge in [0.05, 0.1) is 33.7 Å². The Bertz CT molecular complexity index is 1500. The first-order valence-corrected chi connectivity index (χ1v) is 14.5. The standard InChI is InChI=1S/C26H24Cl2N6O3S2/c27-21-15(3-1-5-18(21)32-23(36)25-31-12-14(38-25)11-30-9-10-35)16-4-2-6-19(22(16)28)33-24(37)26-34-17-7-8-29-13-20(17)39-26/h1-6,12,29-30,35H,7-11,13H2,(H,32,36)(H,33,37). The molecule has 9 nitrogen and oxygen atoms in total. The van der Waals surface area contributed by atoms with Crippen molar-refractivity contribution in [2.45, 2.75) is 19.5 Å². The molecular formula is C26H24Cl2N6O3S2. The van der Waals surface area contributed by atoms with Crippen LogP contribution in [-0.2, 0) is 19.5 Å². The Kier molecular flexibility index (Phi) is 8.88. The van der Waals surface area contributed by atoms with Crippen LogP contribution < -0.4 is 21.3 Å². The molecule has 5 N–H and O–H groups in total. The van der Waals surface area contributed by atoms with Crippen LogP contribution in [0.5, 0.6) is 0 Å². The van der Waals surface area contributed by atoms with Crippen molar-refractivity contribution < 1.29 is 14.7 Å². The second-order valence-corrected chi connectivity index (χ2v) is 11.5. The molecule has 0 unspecified atom stereocenters. The Morgan fingerprint density at radius 3 is 2.28 bits per heavy atom. The molecule has 39 heavy (non-hydrogen) atoms. The predicted molar refractivity (Wildman–Crippen MR) is 156 cm³/mol. The number of benzene rings is 2. The van der Waals surface area contributed by atoms with E-state index in [1.54, 1.807) is 42.6 Å². The number of hydrogen-bond donors (Lipinski definition) is 5. The SMILES string of the molecule is O=C(Nc1cccc(-c2cccc(NC(=O)c3nc4c(s3)CNCC4)c2Cl)c1Cl)c1ncc(CNCCO)s1. The Balaban J connectivity index is 1.33. The molecule has 3 heterocycles. The molecule has 202 valence electrons. The van der Waals surface area contributed by atoms with Gasteiger partial charge in [0.25, 0.3) is 11.8 Å². The van der Waals surface area contributed by atoms with E-state index < -0.39 is 0 Å². The highest BCUT2D eigenvalue weighted by molar-refractivity contribution is 7.14. The van der Waals surface area contributed by atoms with Gasteiger partial charge < -0.3 is 26.4 Å². The molecule has 5 rings (SSSR count). The van der Waals surface area contributed by atoms with E-state index in [9.17, 15) is 9.59 Å². The second-order valence-electron chi connectivity index (χ2n) is 8.59. The van der Waals surface area contributed by atoms with Crippen LogP contribution in [0.3, 0.4) is 0 Å². The highest BCUT2D eigenvalue weighted by Gasteiger charge is 2.21. The number of rotatable bonds is 9. The molecule has 0 saturated heterocycles. The smallest absolute Gasteiger partial charge is 0.284 e. The summed E-state index contributed by atoms with van der Waals surface area (Å²) in [6, 6.07) is 10.5. The fourth-order valence-corrected chi connectivity index (χ4v) is 6.33. The van der Waals surface area contributed by atoms with Crippen molar-refractivity contribution in [1.82, 2.24) is 20.6 Å². The summed E-state index contributed by atoms with van der Waals surface area (Å²) in [6.45, 7) is 2.56. The van der Waals surface area contributed by atoms with Crippen LogP contribution in [0.25, 0.3) is 11.1 Å². The zero-order chi connectivity index (χ0) is 27.4. The first-order chi connectivity index (χ1) is 18.9. The number of anilines is 2. The Morgan fingerprint density at radius 2 is 1.64 bits per heavy atom. The molecule has 1 aliphatic heterocycles. The molecule has 0 spiro atoms. The molecule has 0 atom stereocenters. The zero-order valence-corrected chi connectivity index (χ0v) is 23.7. The second kappa shape index (κ2) is 12.5. The summed E-state index contributed by atoms with van der Waals surface area (Å²) in [5.41, 5.74) is 2.99. The normalized spacial score (nSPS) is 12.7. The number of thiazole rings is 2. The van der Waals surface area contributed by atoms with Gasteiger partial charge in [-0.3, -0.25) is 9.59 Å². The molecule has 1 aliphatic rings. The largest absolute Gasteiger partial charge is 0.395 e. The molecular weight excluding hydrogens is 579 g/mol. The quantitative estimate of drug-likeness (QED) is 0.174. The van der Waals surface area contributed by atoms with Crippen LogP contribution in [0.15, 0.2) is 42.6 Å². The van der Waals surface area contributed by atoms with Crippen LogP contribution in [0.4, 0.5) is 11.4 Å². The average Bonchev–Trinajstić information content (AvgIpc) is 3.59. The summed E-state index contributed by atoms with van der Waals surface area (Å²) >= 11 is 16.1. The summed E-state index contributed by atoms with van der Waals surface area (Å²) in [5, 5.41) is 22.2. The number of aliphatic hydroxyl groups is 1. The number of nitrogens with one attached hydrogen (secondary N) is 4. The number of fused-ring (bicyclic) bond motifs is 1. The summed E-state index contributed by atoms with van der Waals surface area (Å²) in [5.74, 6) is -0.712. The summed E-state index contributed by atoms with van der Waals surface area (Å²) in [4.78, 5) is 36.4. The van der Waals surface area contributed by atoms with Gasteiger partial charge in [-0.25, -0.2) is 9.97 Å². The average molecular weight is 604 g/mol. The molecule has 0 aliphatic carbocycles. The highest BCUT2D eigenvalue weighted by atomic mass is 35.5. The van der Waals surface area contributed by atoms with E-state index in [1.807, 2.05) is 0 Å². The lowest BCUT2D eigenvalue weighted by molar-refractivity contribution is 0.101. The molecule has 2 amide bonds. The number of amides is 2. The van der Waals surface area contributed by atoms with E-state index in [2.05, 4.69) is 31.2 Å². The third-order valence-corrected chi connectivity index (χ3v) is 8.82. The zero-order valence-electron chi connectivity index (χ0n) is 20.5. The first kappa shape index (κ1) is 27.7. The van der Waals surface area contributed by atoms with E-state index >= 15 is 0 Å². The van der Waals surface area contributed by atoms with Crippen LogP contribution in [-0.4, -0.2) is 46.6 Å². The number of halogens is 2. The number of nitrogens with zero attached hydrogens (tertiary/aromatic N) is 2. The fourth-order valence-electron chi connectivity index (χ4n) is 4.03. The molecule has 0 fully saturated rings. The molecule has 4 aromatic rings. The number of aromatic nitrogens is 2. The van der Waals surface area contributed by atoms with Crippen LogP contribution in [0, 0.1) is 0 Å². The molecule has 2 aromatic carbocycles. The first-order valence-electron chi connectivity index (χ1n) is 12.1. The van der Waals surface area contributed by atoms with Gasteiger partial charge in [0, 0.05) is 59.7 Å². The predicted octanol–water partition coefficient (Wildman–Crippen LogP) is 4.81. The maximum Gasteiger partial charge on any atom is 0.284 e. The molecule has 0 radical (unpaired) electrons. The third kappa shape index (κ3) is 6.30. The summed E-state index contributed by atoms with van der Waals surface area (Å²) in [6.07, 6.45) is 2.42. The minimum atomic E-state index is -0.388. The van der Waals surface area contributed by atoms with E-state index in [0.717, 1.165) is 28.4 Å². The monoisotopic (exact) mass is 602 g/mol. The highest BCUT2D eigenvalue weighted by Crippen LogP contribution is 2.40. The molecule has 13 heteroatoms. The lowest BCUT2D eigenvalue weighted by atomic mass is 10.0. The van der Waals surface area contributed by atoms with Gasteiger partial charge in [-0.1, -0.05) is 47.5 Å². The van der Waals surface area contributed by atoms with Crippen molar-refractivity contribution in [2.24, 2.45) is 0 Å². The van der Waals surface area contributed by atoms with Crippen LogP contribution in [0.2, 0.25) is 10.0 Å². The minimum absolute atomic E-state index is 0.0335. The number of carbonyl (C=O) groups excluding carboxylic acids is 2. The lowest BCUT2D eigenvalue weighted by Crippen LogP contribution is -2.22. The van der Waals surface area contributed by atoms with Crippen molar-refractivity contribution in [3.63, 3.8) is 0 Å². The summed E-state index contributed by atoms with van der Waals surface area (Å²) < 4.78 is 0. The van der Waals surface area contributed by atoms with E-state index in [0.29, 0.717) is 62.2 Å². The molecule has 0 bridgehead atoms. The number of aliphatic hydroxyl groups excluding tert-OH is 1. The Morgan fingerprint density at radius 1 is 0.974 bits per heavy atom. The topological polar surface area (TPSA) is 128 Å². The summed E-state index contributed by atoms with van der Waals surface area (Å²) in [7, 11) is 0. The Hall–Kier alpha value is -2.90. The van der Waals surface area contributed by atoms with Crippen LogP contribution in [0.1, 0.15) is 35.1 Å². The van der Waals surface area contributed by atoms with Crippen molar-refractivity contribution >= 4 is 69.1 Å². The number of carbonyl (C=O) groups is 2. The lowest BCUT2D eigenvalue weighted by Gasteiger charge is -2.14. The molecule has 2 aromatic heterocycles. The Labute approximate surface area is 242 Å². The fraction of sp³-hybridized carbons (Fsp3) is 0.231. The van der Waals surface area contributed by atoms with Crippen molar-refractivity contribution in [1.29, 1.82) is 0 Å². The van der Waals surface area contributed by atoms with Crippen molar-refractivity contribution in [3.8, 4) is 11.1 Å². The number of hydrogen-bond acceptors (Lipinski definition) is 9. The maximum atomic E-state index is 12.9. The van der Waals surface area contributed by atoms with Gasteiger partial charge in [-0.05, 0) is 12.1 Å². The van der Waals surface area contributed by atoms with Gasteiger partial charge in [-0.15, -0.1) is 22.7 Å². The van der Waals surface area contributed by atoms with Gasteiger partial charge in [0.1, 0.15) is 0 Å². The van der Waals surface area contributed by atoms with E-state index in [-0.39, 0.29) is 18.4 Å². The van der Waals surface area contributed by atoms with Crippen molar-refractivity contribution in [2.75, 3.05) is 30.3 Å². The van der Waals surface area contributed by atoms with Gasteiger partial charge in [0.15, 0.2) is 10.0 Å². The minimum Gasteiger partial charge on any atom is -0.395 e. The molecule has 0 saturated carbocycles. The van der Waals surface area contributed by atoms with Crippen molar-refractivity contribution in [3.05, 3.63) is 78.1 Å². The van der Waals surface area contributed by atoms with Gasteiger partial charge in [0.2, 0.25) is 0 Å². The van der Waals surface area contributed by atoms with Gasteiger partial charge in [-0.2, -0.15) is 0 Å². The van der Waals surface area contributed by atoms with E-state index in [4.69, 9.17) is 28.3 Å². The van der Waals surface area contributed by atoms with Crippen LogP contribution >= 0.6 is 45.9 Å². The van der Waals surface area contributed by atoms with E-state index in [1.165, 1.54) is 22.7 Å². The third-order valence-electron chi connectivity index (χ3n) is 5.92. The maximum absolute atomic E-state index is 12.9. The van der Waals surface area contributed by atoms with Gasteiger partial charge >= 0.3 is 0 Å².